The summed E-state index contributed by atoms with van der Waals surface area (Å²) >= 11 is 1.61. The molecular formula is C21H24N4O3S. The van der Waals surface area contributed by atoms with E-state index in [4.69, 9.17) is 0 Å². The Labute approximate surface area is 172 Å². The zero-order valence-corrected chi connectivity index (χ0v) is 17.3. The van der Waals surface area contributed by atoms with Crippen molar-refractivity contribution in [2.45, 2.75) is 32.4 Å². The molecule has 0 aromatic carbocycles. The minimum Gasteiger partial charge on any atom is -0.392 e. The fourth-order valence-corrected chi connectivity index (χ4v) is 5.05. The van der Waals surface area contributed by atoms with E-state index < -0.39 is 0 Å². The van der Waals surface area contributed by atoms with Crippen molar-refractivity contribution in [2.24, 2.45) is 7.05 Å². The Hall–Kier alpha value is -2.55. The first-order valence-electron chi connectivity index (χ1n) is 9.67. The van der Waals surface area contributed by atoms with Gasteiger partial charge in [-0.15, -0.1) is 11.3 Å². The molecule has 1 aliphatic heterocycles. The number of anilines is 1. The molecule has 1 aliphatic rings. The largest absolute Gasteiger partial charge is 0.392 e. The molecule has 3 aromatic rings. The molecule has 7 nitrogen and oxygen atoms in total. The number of carbonyl (C=O) groups excluding carboxylic acids is 1. The summed E-state index contributed by atoms with van der Waals surface area (Å²) in [4.78, 5) is 31.6. The fraction of sp³-hybridized carbons (Fsp3) is 0.381. The van der Waals surface area contributed by atoms with Crippen molar-refractivity contribution < 1.29 is 9.90 Å². The Kier molecular flexibility index (Phi) is 5.49. The zero-order valence-electron chi connectivity index (χ0n) is 16.5. The van der Waals surface area contributed by atoms with Gasteiger partial charge in [-0.25, -0.2) is 4.98 Å². The van der Waals surface area contributed by atoms with Crippen molar-refractivity contribution in [2.75, 3.05) is 18.4 Å². The second kappa shape index (κ2) is 8.06. The van der Waals surface area contributed by atoms with Crippen LogP contribution in [-0.2, 0) is 18.4 Å². The number of hydrogen-bond donors (Lipinski definition) is 2. The summed E-state index contributed by atoms with van der Waals surface area (Å²) in [6, 6.07) is 5.68. The monoisotopic (exact) mass is 412 g/mol. The van der Waals surface area contributed by atoms with Crippen LogP contribution >= 0.6 is 11.3 Å². The van der Waals surface area contributed by atoms with Gasteiger partial charge in [0.2, 0.25) is 5.91 Å². The molecule has 2 N–H and O–H groups in total. The molecule has 152 valence electrons. The van der Waals surface area contributed by atoms with E-state index in [2.05, 4.69) is 15.2 Å². The van der Waals surface area contributed by atoms with Gasteiger partial charge in [0, 0.05) is 54.6 Å². The molecule has 3 aromatic heterocycles. The standard InChI is InChI=1S/C21H24N4O3S/c1-13(26)23-19-8-14(5-6-22-19)18-12-24(2)21(28)17-9-16(29-20(17)18)11-25-7-3-4-15(27)10-25/h5-6,8-9,12,15,27H,3-4,7,10-11H2,1-2H3,(H,22,23,26)/t15-/m0/s1. The number of likely N-dealkylation sites (tertiary alicyclic amines) is 1. The van der Waals surface area contributed by atoms with Crippen LogP contribution in [0.2, 0.25) is 0 Å². The first-order valence-corrected chi connectivity index (χ1v) is 10.5. The molecule has 0 unspecified atom stereocenters. The first kappa shape index (κ1) is 19.8. The number of nitrogens with zero attached hydrogens (tertiary/aromatic N) is 3. The number of carbonyl (C=O) groups is 1. The third-order valence-electron chi connectivity index (χ3n) is 5.14. The Balaban J connectivity index is 1.75. The quantitative estimate of drug-likeness (QED) is 0.688. The topological polar surface area (TPSA) is 87.5 Å². The van der Waals surface area contributed by atoms with Gasteiger partial charge < -0.3 is 15.0 Å². The number of aromatic nitrogens is 2. The highest BCUT2D eigenvalue weighted by molar-refractivity contribution is 7.19. The van der Waals surface area contributed by atoms with Gasteiger partial charge in [0.05, 0.1) is 11.5 Å². The average Bonchev–Trinajstić information content (AvgIpc) is 3.08. The number of thiophene rings is 1. The number of aliphatic hydroxyl groups is 1. The summed E-state index contributed by atoms with van der Waals surface area (Å²) in [7, 11) is 1.75. The smallest absolute Gasteiger partial charge is 0.259 e. The molecule has 1 amide bonds. The molecule has 8 heteroatoms. The summed E-state index contributed by atoms with van der Waals surface area (Å²) in [5, 5.41) is 13.3. The van der Waals surface area contributed by atoms with Gasteiger partial charge >= 0.3 is 0 Å². The van der Waals surface area contributed by atoms with E-state index in [-0.39, 0.29) is 17.6 Å². The molecule has 4 rings (SSSR count). The Bertz CT molecular complexity index is 1120. The number of β-amino-alcohol motifs (C(OH)–C–C–N with tert-alkyl or cyclic N) is 1. The highest BCUT2D eigenvalue weighted by Crippen LogP contribution is 2.34. The van der Waals surface area contributed by atoms with Crippen LogP contribution in [0.5, 0.6) is 0 Å². The van der Waals surface area contributed by atoms with E-state index >= 15 is 0 Å². The summed E-state index contributed by atoms with van der Waals surface area (Å²) in [5.41, 5.74) is 1.80. The second-order valence-corrected chi connectivity index (χ2v) is 8.69. The van der Waals surface area contributed by atoms with E-state index in [0.717, 1.165) is 46.6 Å². The predicted molar refractivity (Wildman–Crippen MR) is 115 cm³/mol. The second-order valence-electron chi connectivity index (χ2n) is 7.56. The van der Waals surface area contributed by atoms with Crippen molar-refractivity contribution >= 4 is 33.1 Å². The fourth-order valence-electron chi connectivity index (χ4n) is 3.83. The SMILES string of the molecule is CC(=O)Nc1cc(-c2cn(C)c(=O)c3cc(CN4CCC[C@H](O)C4)sc23)ccn1. The molecule has 0 spiro atoms. The molecule has 0 saturated carbocycles. The first-order chi connectivity index (χ1) is 13.9. The lowest BCUT2D eigenvalue weighted by Gasteiger charge is -2.29. The van der Waals surface area contributed by atoms with Gasteiger partial charge in [-0.05, 0) is 43.1 Å². The predicted octanol–water partition coefficient (Wildman–Crippen LogP) is 2.58. The van der Waals surface area contributed by atoms with E-state index in [1.165, 1.54) is 6.92 Å². The van der Waals surface area contributed by atoms with Gasteiger partial charge in [0.25, 0.3) is 5.56 Å². The number of amides is 1. The molecule has 1 saturated heterocycles. The third-order valence-corrected chi connectivity index (χ3v) is 6.29. The van der Waals surface area contributed by atoms with Crippen molar-refractivity contribution in [3.05, 3.63) is 45.8 Å². The van der Waals surface area contributed by atoms with Crippen molar-refractivity contribution in [3.8, 4) is 11.1 Å². The number of hydrogen-bond acceptors (Lipinski definition) is 6. The number of fused-ring (bicyclic) bond motifs is 1. The number of aliphatic hydroxyl groups excluding tert-OH is 1. The highest BCUT2D eigenvalue weighted by Gasteiger charge is 2.20. The van der Waals surface area contributed by atoms with Gasteiger partial charge in [0.15, 0.2) is 0 Å². The van der Waals surface area contributed by atoms with Crippen molar-refractivity contribution in [1.29, 1.82) is 0 Å². The van der Waals surface area contributed by atoms with Crippen LogP contribution in [0.15, 0.2) is 35.4 Å². The van der Waals surface area contributed by atoms with Gasteiger partial charge in [-0.3, -0.25) is 14.5 Å². The number of aryl methyl sites for hydroxylation is 1. The van der Waals surface area contributed by atoms with Crippen LogP contribution in [0.4, 0.5) is 5.82 Å². The summed E-state index contributed by atoms with van der Waals surface area (Å²) < 4.78 is 2.53. The zero-order chi connectivity index (χ0) is 20.5. The van der Waals surface area contributed by atoms with E-state index in [1.807, 2.05) is 24.4 Å². The van der Waals surface area contributed by atoms with Crippen LogP contribution in [0.25, 0.3) is 21.2 Å². The maximum atomic E-state index is 12.7. The Morgan fingerprint density at radius 2 is 2.24 bits per heavy atom. The molecular weight excluding hydrogens is 388 g/mol. The molecule has 29 heavy (non-hydrogen) atoms. The molecule has 1 atom stereocenters. The summed E-state index contributed by atoms with van der Waals surface area (Å²) in [5.74, 6) is 0.304. The molecule has 0 radical (unpaired) electrons. The molecule has 1 fully saturated rings. The normalized spacial score (nSPS) is 17.6. The van der Waals surface area contributed by atoms with Gasteiger partial charge in [0.1, 0.15) is 5.82 Å². The van der Waals surface area contributed by atoms with Gasteiger partial charge in [-0.2, -0.15) is 0 Å². The average molecular weight is 413 g/mol. The minimum atomic E-state index is -0.273. The summed E-state index contributed by atoms with van der Waals surface area (Å²) in [6.45, 7) is 3.80. The minimum absolute atomic E-state index is 0.0268. The van der Waals surface area contributed by atoms with Crippen molar-refractivity contribution in [1.82, 2.24) is 14.5 Å². The maximum absolute atomic E-state index is 12.7. The van der Waals surface area contributed by atoms with Crippen LogP contribution in [0.3, 0.4) is 0 Å². The lowest BCUT2D eigenvalue weighted by molar-refractivity contribution is -0.114. The molecule has 0 bridgehead atoms. The van der Waals surface area contributed by atoms with E-state index in [9.17, 15) is 14.7 Å². The number of rotatable bonds is 4. The number of pyridine rings is 2. The van der Waals surface area contributed by atoms with Gasteiger partial charge in [-0.1, -0.05) is 0 Å². The highest BCUT2D eigenvalue weighted by atomic mass is 32.1. The lowest BCUT2D eigenvalue weighted by Crippen LogP contribution is -2.37. The van der Waals surface area contributed by atoms with Crippen molar-refractivity contribution in [3.63, 3.8) is 0 Å². The van der Waals surface area contributed by atoms with Crippen LogP contribution in [0, 0.1) is 0 Å². The Morgan fingerprint density at radius 3 is 3.00 bits per heavy atom. The van der Waals surface area contributed by atoms with E-state index in [0.29, 0.717) is 17.7 Å². The maximum Gasteiger partial charge on any atom is 0.259 e. The lowest BCUT2D eigenvalue weighted by atomic mass is 10.1. The van der Waals surface area contributed by atoms with Crippen LogP contribution in [0.1, 0.15) is 24.6 Å². The summed E-state index contributed by atoms with van der Waals surface area (Å²) in [6.07, 6.45) is 5.06. The molecule has 0 aliphatic carbocycles. The van der Waals surface area contributed by atoms with Crippen LogP contribution < -0.4 is 10.9 Å². The Morgan fingerprint density at radius 1 is 1.41 bits per heavy atom. The number of piperidine rings is 1. The third kappa shape index (κ3) is 4.24. The van der Waals surface area contributed by atoms with Crippen LogP contribution in [-0.4, -0.2) is 44.7 Å². The number of nitrogens with one attached hydrogen (secondary N) is 1. The molecule has 4 heterocycles. The van der Waals surface area contributed by atoms with E-state index in [1.54, 1.807) is 29.1 Å².